The zero-order chi connectivity index (χ0) is 18.2. The third-order valence-electron chi connectivity index (χ3n) is 3.93. The molecule has 0 fully saturated rings. The van der Waals surface area contributed by atoms with Gasteiger partial charge in [0.2, 0.25) is 0 Å². The van der Waals surface area contributed by atoms with E-state index in [1.54, 1.807) is 31.2 Å². The van der Waals surface area contributed by atoms with Crippen molar-refractivity contribution in [2.24, 2.45) is 0 Å². The monoisotopic (exact) mass is 342 g/mol. The summed E-state index contributed by atoms with van der Waals surface area (Å²) in [5.41, 5.74) is 3.08. The number of anilines is 1. The highest BCUT2D eigenvalue weighted by atomic mass is 16.5. The fraction of sp³-hybridized carbons (Fsp3) is 0.350. The largest absolute Gasteiger partial charge is 0.481 e. The van der Waals surface area contributed by atoms with E-state index in [1.165, 1.54) is 5.56 Å². The van der Waals surface area contributed by atoms with Crippen LogP contribution in [0.25, 0.3) is 0 Å². The molecule has 1 atom stereocenters. The predicted octanol–water partition coefficient (Wildman–Crippen LogP) is 2.37. The van der Waals surface area contributed by atoms with Gasteiger partial charge in [0.05, 0.1) is 6.61 Å². The molecule has 1 amide bonds. The summed E-state index contributed by atoms with van der Waals surface area (Å²) in [6.07, 6.45) is 0.177. The highest BCUT2D eigenvalue weighted by Gasteiger charge is 2.14. The van der Waals surface area contributed by atoms with Gasteiger partial charge in [-0.25, -0.2) is 0 Å². The first kappa shape index (κ1) is 18.8. The van der Waals surface area contributed by atoms with E-state index in [2.05, 4.69) is 34.5 Å². The minimum atomic E-state index is -0.593. The number of benzene rings is 2. The van der Waals surface area contributed by atoms with Crippen LogP contribution in [0.3, 0.4) is 0 Å². The summed E-state index contributed by atoms with van der Waals surface area (Å²) in [5.74, 6) is 0.424. The van der Waals surface area contributed by atoms with Crippen molar-refractivity contribution in [3.8, 4) is 5.75 Å². The molecule has 0 aliphatic heterocycles. The Labute approximate surface area is 149 Å². The smallest absolute Gasteiger partial charge is 0.260 e. The molecule has 0 saturated carbocycles. The number of rotatable bonds is 8. The van der Waals surface area contributed by atoms with Crippen LogP contribution in [0.1, 0.15) is 18.1 Å². The zero-order valence-electron chi connectivity index (χ0n) is 15.0. The van der Waals surface area contributed by atoms with E-state index >= 15 is 0 Å². The van der Waals surface area contributed by atoms with Gasteiger partial charge in [-0.2, -0.15) is 0 Å². The van der Waals surface area contributed by atoms with Crippen LogP contribution in [0.2, 0.25) is 0 Å². The number of nitrogens with one attached hydrogen (secondary N) is 1. The van der Waals surface area contributed by atoms with E-state index in [4.69, 9.17) is 9.84 Å². The molecule has 2 N–H and O–H groups in total. The maximum absolute atomic E-state index is 12.1. The molecular formula is C20H26N2O3. The lowest BCUT2D eigenvalue weighted by molar-refractivity contribution is -0.127. The molecule has 2 aromatic rings. The highest BCUT2D eigenvalue weighted by Crippen LogP contribution is 2.15. The summed E-state index contributed by atoms with van der Waals surface area (Å²) in [6.45, 7) is 2.22. The quantitative estimate of drug-likeness (QED) is 0.773. The summed E-state index contributed by atoms with van der Waals surface area (Å²) in [7, 11) is 4.01. The van der Waals surface area contributed by atoms with Crippen LogP contribution in [0.4, 0.5) is 5.69 Å². The molecule has 5 nitrogen and oxygen atoms in total. The average Bonchev–Trinajstić information content (AvgIpc) is 2.62. The fourth-order valence-electron chi connectivity index (χ4n) is 2.41. The third-order valence-corrected chi connectivity index (χ3v) is 3.93. The SMILES string of the molecule is CC(Oc1cccc(CO)c1)C(=O)NCCc1ccc(N(C)C)cc1. The van der Waals surface area contributed by atoms with Crippen molar-refractivity contribution in [2.75, 3.05) is 25.5 Å². The lowest BCUT2D eigenvalue weighted by Crippen LogP contribution is -2.37. The molecule has 0 spiro atoms. The average molecular weight is 342 g/mol. The number of aliphatic hydroxyl groups is 1. The minimum Gasteiger partial charge on any atom is -0.481 e. The number of ether oxygens (including phenoxy) is 1. The number of carbonyl (C=O) groups excluding carboxylic acids is 1. The van der Waals surface area contributed by atoms with Crippen molar-refractivity contribution in [1.82, 2.24) is 5.32 Å². The van der Waals surface area contributed by atoms with Gasteiger partial charge in [-0.3, -0.25) is 4.79 Å². The Morgan fingerprint density at radius 3 is 2.52 bits per heavy atom. The number of hydrogen-bond acceptors (Lipinski definition) is 4. The van der Waals surface area contributed by atoms with Gasteiger partial charge in [-0.15, -0.1) is 0 Å². The Morgan fingerprint density at radius 2 is 1.88 bits per heavy atom. The number of aliphatic hydroxyl groups excluding tert-OH is 1. The second kappa shape index (κ2) is 9.08. The standard InChI is InChI=1S/C20H26N2O3/c1-15(25-19-6-4-5-17(13-19)14-23)20(24)21-12-11-16-7-9-18(10-8-16)22(2)3/h4-10,13,15,23H,11-12,14H2,1-3H3,(H,21,24). The van der Waals surface area contributed by atoms with Crippen LogP contribution >= 0.6 is 0 Å². The molecule has 0 bridgehead atoms. The Morgan fingerprint density at radius 1 is 1.16 bits per heavy atom. The van der Waals surface area contributed by atoms with E-state index in [0.717, 1.165) is 17.7 Å². The molecule has 25 heavy (non-hydrogen) atoms. The fourth-order valence-corrected chi connectivity index (χ4v) is 2.41. The Kier molecular flexibility index (Phi) is 6.83. The number of amides is 1. The Bertz CT molecular complexity index is 684. The summed E-state index contributed by atoms with van der Waals surface area (Å²) in [6, 6.07) is 15.4. The van der Waals surface area contributed by atoms with Crippen molar-refractivity contribution in [1.29, 1.82) is 0 Å². The molecule has 134 valence electrons. The van der Waals surface area contributed by atoms with Crippen molar-refractivity contribution in [3.63, 3.8) is 0 Å². The van der Waals surface area contributed by atoms with Crippen LogP contribution in [0, 0.1) is 0 Å². The minimum absolute atomic E-state index is 0.0512. The van der Waals surface area contributed by atoms with Gasteiger partial charge in [0.15, 0.2) is 6.10 Å². The molecular weight excluding hydrogens is 316 g/mol. The predicted molar refractivity (Wildman–Crippen MR) is 99.9 cm³/mol. The van der Waals surface area contributed by atoms with Crippen LogP contribution < -0.4 is 15.0 Å². The van der Waals surface area contributed by atoms with E-state index < -0.39 is 6.10 Å². The van der Waals surface area contributed by atoms with Gasteiger partial charge in [0.1, 0.15) is 5.75 Å². The first-order valence-corrected chi connectivity index (χ1v) is 8.40. The van der Waals surface area contributed by atoms with Crippen LogP contribution in [-0.4, -0.2) is 37.8 Å². The van der Waals surface area contributed by atoms with Gasteiger partial charge >= 0.3 is 0 Å². The molecule has 0 aliphatic rings. The normalized spacial score (nSPS) is 11.7. The third kappa shape index (κ3) is 5.80. The first-order valence-electron chi connectivity index (χ1n) is 8.40. The summed E-state index contributed by atoms with van der Waals surface area (Å²) in [4.78, 5) is 14.2. The molecule has 0 aliphatic carbocycles. The molecule has 0 aromatic heterocycles. The van der Waals surface area contributed by atoms with Crippen molar-refractivity contribution in [3.05, 3.63) is 59.7 Å². The van der Waals surface area contributed by atoms with Gasteiger partial charge < -0.3 is 20.1 Å². The maximum Gasteiger partial charge on any atom is 0.260 e. The van der Waals surface area contributed by atoms with Crippen LogP contribution in [-0.2, 0) is 17.8 Å². The van der Waals surface area contributed by atoms with Crippen molar-refractivity contribution >= 4 is 11.6 Å². The second-order valence-corrected chi connectivity index (χ2v) is 6.17. The van der Waals surface area contributed by atoms with Crippen LogP contribution in [0.15, 0.2) is 48.5 Å². The number of nitrogens with zero attached hydrogens (tertiary/aromatic N) is 1. The molecule has 2 rings (SSSR count). The van der Waals surface area contributed by atoms with E-state index in [9.17, 15) is 4.79 Å². The number of hydrogen-bond donors (Lipinski definition) is 2. The zero-order valence-corrected chi connectivity index (χ0v) is 15.0. The van der Waals surface area contributed by atoms with Gasteiger partial charge in [-0.1, -0.05) is 24.3 Å². The van der Waals surface area contributed by atoms with Crippen molar-refractivity contribution in [2.45, 2.75) is 26.1 Å². The van der Waals surface area contributed by atoms with Crippen LogP contribution in [0.5, 0.6) is 5.75 Å². The van der Waals surface area contributed by atoms with Gasteiger partial charge in [-0.05, 0) is 48.7 Å². The molecule has 1 unspecified atom stereocenters. The molecule has 5 heteroatoms. The lowest BCUT2D eigenvalue weighted by atomic mass is 10.1. The topological polar surface area (TPSA) is 61.8 Å². The molecule has 0 radical (unpaired) electrons. The maximum atomic E-state index is 12.1. The summed E-state index contributed by atoms with van der Waals surface area (Å²) >= 11 is 0. The van der Waals surface area contributed by atoms with Gasteiger partial charge in [0, 0.05) is 26.3 Å². The lowest BCUT2D eigenvalue weighted by Gasteiger charge is -2.15. The Balaban J connectivity index is 1.79. The van der Waals surface area contributed by atoms with Gasteiger partial charge in [0.25, 0.3) is 5.91 Å². The second-order valence-electron chi connectivity index (χ2n) is 6.17. The highest BCUT2D eigenvalue weighted by molar-refractivity contribution is 5.80. The van der Waals surface area contributed by atoms with E-state index in [0.29, 0.717) is 12.3 Å². The molecule has 0 heterocycles. The van der Waals surface area contributed by atoms with E-state index in [1.807, 2.05) is 14.1 Å². The Hall–Kier alpha value is -2.53. The summed E-state index contributed by atoms with van der Waals surface area (Å²) < 4.78 is 5.63. The van der Waals surface area contributed by atoms with E-state index in [-0.39, 0.29) is 12.5 Å². The first-order chi connectivity index (χ1) is 12.0. The molecule has 2 aromatic carbocycles. The van der Waals surface area contributed by atoms with Crippen molar-refractivity contribution < 1.29 is 14.6 Å². The number of carbonyl (C=O) groups is 1. The summed E-state index contributed by atoms with van der Waals surface area (Å²) in [5, 5.41) is 12.0. The molecule has 0 saturated heterocycles.